The van der Waals surface area contributed by atoms with Crippen molar-refractivity contribution in [2.24, 2.45) is 5.92 Å². The molecule has 34 heavy (non-hydrogen) atoms. The van der Waals surface area contributed by atoms with E-state index in [1.807, 2.05) is 12.2 Å². The Morgan fingerprint density at radius 1 is 1.18 bits per heavy atom. The SMILES string of the molecule is COC(=O)/C(C)=C/C1C=CC(C#Cc2cc(OC)c3c(c2)C(C)(C)CCC3N(C)C2CC2)=CC1. The molecule has 0 N–H and O–H groups in total. The molecule has 0 spiro atoms. The van der Waals surface area contributed by atoms with E-state index in [0.717, 1.165) is 36.1 Å². The van der Waals surface area contributed by atoms with Crippen LogP contribution in [0.25, 0.3) is 0 Å². The summed E-state index contributed by atoms with van der Waals surface area (Å²) in [7, 11) is 5.46. The Balaban J connectivity index is 1.58. The summed E-state index contributed by atoms with van der Waals surface area (Å²) in [6.07, 6.45) is 14.0. The summed E-state index contributed by atoms with van der Waals surface area (Å²) < 4.78 is 10.7. The molecule has 180 valence electrons. The second-order valence-electron chi connectivity index (χ2n) is 10.5. The van der Waals surface area contributed by atoms with Gasteiger partial charge in [-0.3, -0.25) is 4.90 Å². The van der Waals surface area contributed by atoms with Gasteiger partial charge in [-0.2, -0.15) is 0 Å². The molecular weight excluding hydrogens is 422 g/mol. The Morgan fingerprint density at radius 2 is 1.94 bits per heavy atom. The monoisotopic (exact) mass is 459 g/mol. The molecule has 0 amide bonds. The molecule has 4 nitrogen and oxygen atoms in total. The van der Waals surface area contributed by atoms with Gasteiger partial charge in [0.2, 0.25) is 0 Å². The molecule has 1 saturated carbocycles. The fourth-order valence-electron chi connectivity index (χ4n) is 5.24. The van der Waals surface area contributed by atoms with E-state index in [1.165, 1.54) is 31.1 Å². The van der Waals surface area contributed by atoms with Gasteiger partial charge in [0.1, 0.15) is 5.75 Å². The molecule has 1 aromatic rings. The molecule has 0 saturated heterocycles. The van der Waals surface area contributed by atoms with Crippen molar-refractivity contribution >= 4 is 5.97 Å². The number of benzene rings is 1. The standard InChI is InChI=1S/C30H37NO3/c1-20(29(32)34-6)17-22-10-7-21(8-11-22)9-12-23-18-25-28(27(19-23)33-5)26(15-16-30(25,2)3)31(4)24-13-14-24/h7-8,10,17-19,22,24,26H,11,13-16H2,1-6H3/b20-17+. The zero-order chi connectivity index (χ0) is 24.5. The highest BCUT2D eigenvalue weighted by Gasteiger charge is 2.40. The summed E-state index contributed by atoms with van der Waals surface area (Å²) in [4.78, 5) is 14.2. The number of hydrogen-bond acceptors (Lipinski definition) is 4. The number of hydrogen-bond donors (Lipinski definition) is 0. The maximum absolute atomic E-state index is 11.6. The Kier molecular flexibility index (Phi) is 7.05. The molecule has 1 fully saturated rings. The number of ether oxygens (including phenoxy) is 2. The minimum atomic E-state index is -0.280. The van der Waals surface area contributed by atoms with Crippen molar-refractivity contribution in [1.29, 1.82) is 0 Å². The van der Waals surface area contributed by atoms with Crippen LogP contribution in [0.2, 0.25) is 0 Å². The molecule has 3 aliphatic rings. The molecule has 0 aliphatic heterocycles. The van der Waals surface area contributed by atoms with Gasteiger partial charge in [0, 0.05) is 34.4 Å². The lowest BCUT2D eigenvalue weighted by atomic mass is 9.70. The molecular formula is C30H37NO3. The van der Waals surface area contributed by atoms with E-state index in [4.69, 9.17) is 9.47 Å². The number of nitrogens with zero attached hydrogens (tertiary/aromatic N) is 1. The Bertz CT molecular complexity index is 1110. The van der Waals surface area contributed by atoms with Gasteiger partial charge in [-0.1, -0.05) is 50.0 Å². The fraction of sp³-hybridized carbons (Fsp3) is 0.500. The first-order valence-corrected chi connectivity index (χ1v) is 12.3. The molecule has 1 aromatic carbocycles. The first-order chi connectivity index (χ1) is 16.2. The summed E-state index contributed by atoms with van der Waals surface area (Å²) >= 11 is 0. The first-order valence-electron chi connectivity index (χ1n) is 12.3. The third kappa shape index (κ3) is 5.15. The van der Waals surface area contributed by atoms with Crippen LogP contribution in [0.4, 0.5) is 0 Å². The summed E-state index contributed by atoms with van der Waals surface area (Å²) in [5, 5.41) is 0. The van der Waals surface area contributed by atoms with Crippen LogP contribution >= 0.6 is 0 Å². The van der Waals surface area contributed by atoms with Gasteiger partial charge in [-0.25, -0.2) is 4.79 Å². The lowest BCUT2D eigenvalue weighted by molar-refractivity contribution is -0.136. The van der Waals surface area contributed by atoms with Crippen LogP contribution in [-0.4, -0.2) is 38.2 Å². The summed E-state index contributed by atoms with van der Waals surface area (Å²) in [6.45, 7) is 6.47. The Morgan fingerprint density at radius 3 is 2.56 bits per heavy atom. The average molecular weight is 460 g/mol. The van der Waals surface area contributed by atoms with Gasteiger partial charge >= 0.3 is 5.97 Å². The van der Waals surface area contributed by atoms with E-state index >= 15 is 0 Å². The highest BCUT2D eigenvalue weighted by molar-refractivity contribution is 5.87. The van der Waals surface area contributed by atoms with Crippen LogP contribution < -0.4 is 4.74 Å². The van der Waals surface area contributed by atoms with Crippen LogP contribution in [0.5, 0.6) is 5.75 Å². The van der Waals surface area contributed by atoms with Gasteiger partial charge < -0.3 is 9.47 Å². The normalized spacial score (nSPS) is 23.5. The number of rotatable bonds is 5. The van der Waals surface area contributed by atoms with Gasteiger partial charge in [0.15, 0.2) is 0 Å². The number of carbonyl (C=O) groups excluding carboxylic acids is 1. The largest absolute Gasteiger partial charge is 0.496 e. The number of carbonyl (C=O) groups is 1. The molecule has 0 heterocycles. The van der Waals surface area contributed by atoms with Crippen LogP contribution in [0.1, 0.15) is 75.6 Å². The molecule has 4 rings (SSSR count). The Labute approximate surface area is 204 Å². The maximum atomic E-state index is 11.6. The van der Waals surface area contributed by atoms with Crippen LogP contribution in [0.3, 0.4) is 0 Å². The zero-order valence-corrected chi connectivity index (χ0v) is 21.4. The van der Waals surface area contributed by atoms with Crippen molar-refractivity contribution in [3.8, 4) is 17.6 Å². The van der Waals surface area contributed by atoms with Crippen LogP contribution in [0.15, 0.2) is 47.6 Å². The van der Waals surface area contributed by atoms with Crippen molar-refractivity contribution in [3.63, 3.8) is 0 Å². The number of fused-ring (bicyclic) bond motifs is 1. The van der Waals surface area contributed by atoms with Gasteiger partial charge in [-0.15, -0.1) is 0 Å². The van der Waals surface area contributed by atoms with Crippen LogP contribution in [-0.2, 0) is 14.9 Å². The summed E-state index contributed by atoms with van der Waals surface area (Å²) in [6, 6.07) is 5.52. The molecule has 2 unspecified atom stereocenters. The average Bonchev–Trinajstić information content (AvgIpc) is 3.68. The van der Waals surface area contributed by atoms with Crippen molar-refractivity contribution in [3.05, 3.63) is 64.3 Å². The van der Waals surface area contributed by atoms with Gasteiger partial charge in [-0.05, 0) is 75.1 Å². The second kappa shape index (κ2) is 9.84. The second-order valence-corrected chi connectivity index (χ2v) is 10.5. The smallest absolute Gasteiger partial charge is 0.333 e. The van der Waals surface area contributed by atoms with E-state index in [9.17, 15) is 4.79 Å². The molecule has 0 bridgehead atoms. The topological polar surface area (TPSA) is 38.8 Å². The quantitative estimate of drug-likeness (QED) is 0.313. The highest BCUT2D eigenvalue weighted by Crippen LogP contribution is 2.49. The van der Waals surface area contributed by atoms with Gasteiger partial charge in [0.25, 0.3) is 0 Å². The lowest BCUT2D eigenvalue weighted by Gasteiger charge is -2.41. The maximum Gasteiger partial charge on any atom is 0.333 e. The van der Waals surface area contributed by atoms with E-state index < -0.39 is 0 Å². The minimum Gasteiger partial charge on any atom is -0.496 e. The highest BCUT2D eigenvalue weighted by atomic mass is 16.5. The molecule has 3 aliphatic carbocycles. The Hall–Kier alpha value is -2.77. The predicted octanol–water partition coefficient (Wildman–Crippen LogP) is 5.88. The van der Waals surface area contributed by atoms with Crippen molar-refractivity contribution in [2.45, 2.75) is 70.4 Å². The minimum absolute atomic E-state index is 0.0995. The first kappa shape index (κ1) is 24.4. The fourth-order valence-corrected chi connectivity index (χ4v) is 5.24. The van der Waals surface area contributed by atoms with Crippen molar-refractivity contribution in [2.75, 3.05) is 21.3 Å². The number of methoxy groups -OCH3 is 2. The number of esters is 1. The van der Waals surface area contributed by atoms with Gasteiger partial charge in [0.05, 0.1) is 14.2 Å². The number of allylic oxidation sites excluding steroid dienone is 5. The molecule has 0 aromatic heterocycles. The van der Waals surface area contributed by atoms with Crippen molar-refractivity contribution < 1.29 is 14.3 Å². The molecule has 4 heteroatoms. The van der Waals surface area contributed by atoms with Crippen LogP contribution in [0, 0.1) is 17.8 Å². The van der Waals surface area contributed by atoms with E-state index in [0.29, 0.717) is 17.7 Å². The third-order valence-corrected chi connectivity index (χ3v) is 7.54. The van der Waals surface area contributed by atoms with E-state index in [2.05, 4.69) is 61.9 Å². The molecule has 2 atom stereocenters. The van der Waals surface area contributed by atoms with E-state index in [-0.39, 0.29) is 17.3 Å². The third-order valence-electron chi connectivity index (χ3n) is 7.54. The summed E-state index contributed by atoms with van der Waals surface area (Å²) in [5.74, 6) is 7.60. The summed E-state index contributed by atoms with van der Waals surface area (Å²) in [5.41, 5.74) is 5.46. The molecule has 0 radical (unpaired) electrons. The predicted molar refractivity (Wildman–Crippen MR) is 137 cm³/mol. The lowest BCUT2D eigenvalue weighted by Crippen LogP contribution is -2.35. The van der Waals surface area contributed by atoms with E-state index in [1.54, 1.807) is 14.0 Å². The zero-order valence-electron chi connectivity index (χ0n) is 21.4. The van der Waals surface area contributed by atoms with Crippen molar-refractivity contribution in [1.82, 2.24) is 4.90 Å².